The summed E-state index contributed by atoms with van der Waals surface area (Å²) in [6.45, 7) is 5.81. The van der Waals surface area contributed by atoms with Gasteiger partial charge in [-0.2, -0.15) is 4.98 Å². The Morgan fingerprint density at radius 3 is 2.94 bits per heavy atom. The highest BCUT2D eigenvalue weighted by atomic mass is 16.5. The van der Waals surface area contributed by atoms with E-state index in [1.807, 2.05) is 11.8 Å². The molecule has 0 N–H and O–H groups in total. The number of hydrogen-bond acceptors (Lipinski definition) is 6. The summed E-state index contributed by atoms with van der Waals surface area (Å²) in [6.07, 6.45) is 2.24. The third-order valence-electron chi connectivity index (χ3n) is 1.97. The van der Waals surface area contributed by atoms with Crippen LogP contribution in [0.4, 0.5) is 0 Å². The van der Waals surface area contributed by atoms with Gasteiger partial charge in [-0.3, -0.25) is 9.69 Å². The summed E-state index contributed by atoms with van der Waals surface area (Å²) >= 11 is 0. The number of hydrogen-bond donors (Lipinski definition) is 0. The highest BCUT2D eigenvalue weighted by Crippen LogP contribution is 2.00. The Morgan fingerprint density at radius 1 is 1.56 bits per heavy atom. The van der Waals surface area contributed by atoms with E-state index in [0.717, 1.165) is 13.0 Å². The fraction of sp³-hybridized carbons (Fsp3) is 0.700. The highest BCUT2D eigenvalue weighted by Gasteiger charge is 2.13. The molecule has 0 atom stereocenters. The first-order valence-electron chi connectivity index (χ1n) is 5.39. The number of rotatable bonds is 7. The molecule has 0 spiro atoms. The van der Waals surface area contributed by atoms with Crippen molar-refractivity contribution < 1.29 is 14.1 Å². The zero-order valence-corrected chi connectivity index (χ0v) is 9.68. The second-order valence-corrected chi connectivity index (χ2v) is 3.36. The molecule has 1 aromatic heterocycles. The highest BCUT2D eigenvalue weighted by molar-refractivity contribution is 5.71. The van der Waals surface area contributed by atoms with Crippen LogP contribution in [0.2, 0.25) is 0 Å². The largest absolute Gasteiger partial charge is 0.465 e. The van der Waals surface area contributed by atoms with Crippen LogP contribution >= 0.6 is 0 Å². The van der Waals surface area contributed by atoms with E-state index < -0.39 is 0 Å². The molecule has 0 aliphatic carbocycles. The van der Waals surface area contributed by atoms with E-state index in [1.165, 1.54) is 6.39 Å². The van der Waals surface area contributed by atoms with Crippen LogP contribution in [0.15, 0.2) is 10.9 Å². The van der Waals surface area contributed by atoms with Gasteiger partial charge in [0.05, 0.1) is 19.7 Å². The Kier molecular flexibility index (Phi) is 5.49. The van der Waals surface area contributed by atoms with Crippen molar-refractivity contribution in [3.05, 3.63) is 12.2 Å². The van der Waals surface area contributed by atoms with Crippen LogP contribution in [0.1, 0.15) is 26.1 Å². The Balaban J connectivity index is 2.44. The van der Waals surface area contributed by atoms with E-state index in [1.54, 1.807) is 6.92 Å². The maximum Gasteiger partial charge on any atom is 0.320 e. The summed E-state index contributed by atoms with van der Waals surface area (Å²) < 4.78 is 9.54. The summed E-state index contributed by atoms with van der Waals surface area (Å²) in [4.78, 5) is 17.2. The Morgan fingerprint density at radius 2 is 2.38 bits per heavy atom. The normalized spacial score (nSPS) is 10.7. The maximum absolute atomic E-state index is 11.3. The van der Waals surface area contributed by atoms with Crippen molar-refractivity contribution in [3.8, 4) is 0 Å². The van der Waals surface area contributed by atoms with Crippen molar-refractivity contribution in [1.82, 2.24) is 15.0 Å². The molecule has 6 nitrogen and oxygen atoms in total. The summed E-state index contributed by atoms with van der Waals surface area (Å²) in [6, 6.07) is 0. The fourth-order valence-corrected chi connectivity index (χ4v) is 1.38. The summed E-state index contributed by atoms with van der Waals surface area (Å²) in [5.41, 5.74) is 0. The van der Waals surface area contributed by atoms with E-state index in [-0.39, 0.29) is 12.5 Å². The Labute approximate surface area is 94.6 Å². The van der Waals surface area contributed by atoms with Crippen molar-refractivity contribution in [2.24, 2.45) is 0 Å². The van der Waals surface area contributed by atoms with Crippen LogP contribution in [0, 0.1) is 0 Å². The van der Waals surface area contributed by atoms with Gasteiger partial charge in [0.1, 0.15) is 0 Å². The van der Waals surface area contributed by atoms with Crippen molar-refractivity contribution in [2.75, 3.05) is 19.7 Å². The van der Waals surface area contributed by atoms with Crippen LogP contribution in [0.3, 0.4) is 0 Å². The molecule has 1 heterocycles. The first-order chi connectivity index (χ1) is 7.76. The zero-order chi connectivity index (χ0) is 11.8. The predicted octanol–water partition coefficient (Wildman–Crippen LogP) is 0.845. The van der Waals surface area contributed by atoms with Crippen molar-refractivity contribution in [1.29, 1.82) is 0 Å². The van der Waals surface area contributed by atoms with Gasteiger partial charge in [0.2, 0.25) is 6.39 Å². The van der Waals surface area contributed by atoms with Gasteiger partial charge in [-0.05, 0) is 19.9 Å². The number of ether oxygens (including phenoxy) is 1. The van der Waals surface area contributed by atoms with Gasteiger partial charge in [0.15, 0.2) is 5.82 Å². The van der Waals surface area contributed by atoms with E-state index in [9.17, 15) is 4.79 Å². The summed E-state index contributed by atoms with van der Waals surface area (Å²) in [5, 5.41) is 3.71. The van der Waals surface area contributed by atoms with Gasteiger partial charge in [0, 0.05) is 0 Å². The number of esters is 1. The molecule has 90 valence electrons. The van der Waals surface area contributed by atoms with Gasteiger partial charge in [-0.25, -0.2) is 0 Å². The second kappa shape index (κ2) is 6.95. The van der Waals surface area contributed by atoms with Gasteiger partial charge < -0.3 is 9.26 Å². The molecule has 0 amide bonds. The minimum absolute atomic E-state index is 0.223. The lowest BCUT2D eigenvalue weighted by Gasteiger charge is -2.18. The molecular formula is C10H17N3O3. The molecule has 16 heavy (non-hydrogen) atoms. The lowest BCUT2D eigenvalue weighted by atomic mass is 10.4. The minimum atomic E-state index is -0.223. The van der Waals surface area contributed by atoms with E-state index in [4.69, 9.17) is 4.74 Å². The van der Waals surface area contributed by atoms with Crippen LogP contribution in [0.5, 0.6) is 0 Å². The second-order valence-electron chi connectivity index (χ2n) is 3.36. The molecule has 0 aliphatic rings. The predicted molar refractivity (Wildman–Crippen MR) is 56.5 cm³/mol. The smallest absolute Gasteiger partial charge is 0.320 e. The van der Waals surface area contributed by atoms with Crippen LogP contribution < -0.4 is 0 Å². The zero-order valence-electron chi connectivity index (χ0n) is 9.68. The molecule has 0 bridgehead atoms. The first-order valence-corrected chi connectivity index (χ1v) is 5.39. The van der Waals surface area contributed by atoms with E-state index in [0.29, 0.717) is 19.0 Å². The third-order valence-corrected chi connectivity index (χ3v) is 1.97. The molecule has 0 aromatic carbocycles. The minimum Gasteiger partial charge on any atom is -0.465 e. The molecule has 0 radical (unpaired) electrons. The lowest BCUT2D eigenvalue weighted by molar-refractivity contribution is -0.144. The molecular weight excluding hydrogens is 210 g/mol. The van der Waals surface area contributed by atoms with Gasteiger partial charge >= 0.3 is 5.97 Å². The Bertz CT molecular complexity index is 300. The van der Waals surface area contributed by atoms with Crippen molar-refractivity contribution in [3.63, 3.8) is 0 Å². The monoisotopic (exact) mass is 227 g/mol. The quantitative estimate of drug-likeness (QED) is 0.643. The van der Waals surface area contributed by atoms with Crippen LogP contribution in [-0.2, 0) is 16.1 Å². The molecule has 0 saturated heterocycles. The van der Waals surface area contributed by atoms with Gasteiger partial charge in [-0.15, -0.1) is 0 Å². The van der Waals surface area contributed by atoms with Crippen LogP contribution in [-0.4, -0.2) is 40.7 Å². The number of carbonyl (C=O) groups is 1. The molecule has 0 aliphatic heterocycles. The maximum atomic E-state index is 11.3. The lowest BCUT2D eigenvalue weighted by Crippen LogP contribution is -2.31. The van der Waals surface area contributed by atoms with E-state index >= 15 is 0 Å². The third kappa shape index (κ3) is 4.39. The summed E-state index contributed by atoms with van der Waals surface area (Å²) in [7, 11) is 0. The van der Waals surface area contributed by atoms with Crippen molar-refractivity contribution >= 4 is 5.97 Å². The van der Waals surface area contributed by atoms with Gasteiger partial charge in [-0.1, -0.05) is 12.1 Å². The molecule has 0 fully saturated rings. The van der Waals surface area contributed by atoms with E-state index in [2.05, 4.69) is 14.7 Å². The number of carbonyl (C=O) groups excluding carboxylic acids is 1. The molecule has 1 rings (SSSR count). The van der Waals surface area contributed by atoms with Crippen LogP contribution in [0.25, 0.3) is 0 Å². The van der Waals surface area contributed by atoms with Crippen molar-refractivity contribution in [2.45, 2.75) is 26.8 Å². The topological polar surface area (TPSA) is 68.5 Å². The van der Waals surface area contributed by atoms with Gasteiger partial charge in [0.25, 0.3) is 0 Å². The average molecular weight is 227 g/mol. The molecule has 0 saturated carbocycles. The average Bonchev–Trinajstić information content (AvgIpc) is 2.71. The molecule has 6 heteroatoms. The Hall–Kier alpha value is -1.43. The molecule has 0 unspecified atom stereocenters. The number of nitrogens with zero attached hydrogens (tertiary/aromatic N) is 3. The summed E-state index contributed by atoms with van der Waals surface area (Å²) in [5.74, 6) is 0.359. The first kappa shape index (κ1) is 12.6. The molecule has 1 aromatic rings. The standard InChI is InChI=1S/C10H17N3O3/c1-3-5-13(7-10(14)15-4-2)6-9-11-8-16-12-9/h8H,3-7H2,1-2H3. The number of aromatic nitrogens is 2. The SMILES string of the molecule is CCCN(CC(=O)OCC)Cc1ncon1. The fourth-order valence-electron chi connectivity index (χ4n) is 1.38.